The molecule has 4 fully saturated rings. The second kappa shape index (κ2) is 7.07. The molecule has 1 aliphatic carbocycles. The second-order valence-corrected chi connectivity index (χ2v) is 9.95. The zero-order valence-corrected chi connectivity index (χ0v) is 17.8. The molecule has 0 radical (unpaired) electrons. The first-order chi connectivity index (χ1) is 15.0. The van der Waals surface area contributed by atoms with Gasteiger partial charge in [-0.2, -0.15) is 0 Å². The number of likely N-dealkylation sites (tertiary alicyclic amines) is 1. The maximum absolute atomic E-state index is 12.9. The van der Waals surface area contributed by atoms with Crippen molar-refractivity contribution >= 4 is 11.8 Å². The van der Waals surface area contributed by atoms with Gasteiger partial charge in [0.1, 0.15) is 17.9 Å². The largest absolute Gasteiger partial charge is 0.489 e. The van der Waals surface area contributed by atoms with E-state index in [0.29, 0.717) is 36.4 Å². The predicted molar refractivity (Wildman–Crippen MR) is 114 cm³/mol. The van der Waals surface area contributed by atoms with E-state index in [1.165, 1.54) is 12.8 Å². The summed E-state index contributed by atoms with van der Waals surface area (Å²) in [6.07, 6.45) is 4.96. The van der Waals surface area contributed by atoms with Gasteiger partial charge in [-0.15, -0.1) is 0 Å². The molecule has 1 aromatic carbocycles. The number of nitrogens with zero attached hydrogens (tertiary/aromatic N) is 2. The lowest BCUT2D eigenvalue weighted by Gasteiger charge is -2.57. The molecule has 0 aromatic heterocycles. The van der Waals surface area contributed by atoms with Crippen LogP contribution in [0.2, 0.25) is 0 Å². The standard InChI is InChI=1S/C24H29N3O4/c1-15-5-8-20(22(28)25-15)27-10-16-9-17(6-7-18(16)23(27)29)31-21-4-2-3-19(21)26-11-24(12-26)13-30-14-24/h6-7,9,19-21H,1-5,8,10-14H2,(H,25,28)/t19-,20?,21-/m0/s1. The summed E-state index contributed by atoms with van der Waals surface area (Å²) in [6.45, 7) is 8.35. The third-order valence-electron chi connectivity index (χ3n) is 7.67. The first kappa shape index (κ1) is 19.3. The molecule has 1 unspecified atom stereocenters. The number of hydrogen-bond acceptors (Lipinski definition) is 5. The van der Waals surface area contributed by atoms with Crippen LogP contribution in [0.25, 0.3) is 0 Å². The van der Waals surface area contributed by atoms with Crippen LogP contribution in [0.15, 0.2) is 30.5 Å². The van der Waals surface area contributed by atoms with Crippen LogP contribution in [0, 0.1) is 5.41 Å². The highest BCUT2D eigenvalue weighted by Gasteiger charge is 2.52. The summed E-state index contributed by atoms with van der Waals surface area (Å²) >= 11 is 0. The first-order valence-corrected chi connectivity index (χ1v) is 11.4. The van der Waals surface area contributed by atoms with Crippen molar-refractivity contribution in [3.63, 3.8) is 0 Å². The topological polar surface area (TPSA) is 71.1 Å². The van der Waals surface area contributed by atoms with Gasteiger partial charge in [-0.25, -0.2) is 0 Å². The van der Waals surface area contributed by atoms with Crippen LogP contribution in [-0.2, 0) is 16.1 Å². The minimum Gasteiger partial charge on any atom is -0.489 e. The van der Waals surface area contributed by atoms with Crippen molar-refractivity contribution in [2.45, 2.75) is 56.8 Å². The number of hydrogen-bond donors (Lipinski definition) is 1. The summed E-state index contributed by atoms with van der Waals surface area (Å²) < 4.78 is 11.9. The van der Waals surface area contributed by atoms with E-state index >= 15 is 0 Å². The van der Waals surface area contributed by atoms with E-state index in [0.717, 1.165) is 49.7 Å². The molecule has 31 heavy (non-hydrogen) atoms. The molecule has 3 saturated heterocycles. The Balaban J connectivity index is 1.13. The summed E-state index contributed by atoms with van der Waals surface area (Å²) in [5.41, 5.74) is 2.78. The Morgan fingerprint density at radius 1 is 1.16 bits per heavy atom. The van der Waals surface area contributed by atoms with Crippen LogP contribution in [0.3, 0.4) is 0 Å². The van der Waals surface area contributed by atoms with E-state index in [9.17, 15) is 9.59 Å². The van der Waals surface area contributed by atoms with Gasteiger partial charge in [-0.1, -0.05) is 6.58 Å². The van der Waals surface area contributed by atoms with Crippen molar-refractivity contribution in [1.82, 2.24) is 15.1 Å². The molecule has 7 heteroatoms. The fourth-order valence-electron chi connectivity index (χ4n) is 5.96. The van der Waals surface area contributed by atoms with Gasteiger partial charge in [0.25, 0.3) is 5.91 Å². The minimum atomic E-state index is -0.428. The van der Waals surface area contributed by atoms with E-state index in [-0.39, 0.29) is 17.9 Å². The van der Waals surface area contributed by atoms with Crippen LogP contribution < -0.4 is 10.1 Å². The zero-order valence-electron chi connectivity index (χ0n) is 17.8. The number of fused-ring (bicyclic) bond motifs is 1. The lowest BCUT2D eigenvalue weighted by Crippen LogP contribution is -2.69. The number of rotatable bonds is 4. The SMILES string of the molecule is C=C1CCC(N2Cc3cc(O[C@H]4CCC[C@@H]4N4CC5(COC5)C4)ccc3C2=O)C(=O)N1. The summed E-state index contributed by atoms with van der Waals surface area (Å²) in [4.78, 5) is 29.6. The lowest BCUT2D eigenvalue weighted by atomic mass is 9.77. The number of piperidine rings is 1. The average molecular weight is 424 g/mol. The quantitative estimate of drug-likeness (QED) is 0.803. The molecule has 5 aliphatic rings. The van der Waals surface area contributed by atoms with Crippen molar-refractivity contribution in [2.75, 3.05) is 26.3 Å². The Morgan fingerprint density at radius 2 is 2.00 bits per heavy atom. The molecule has 2 amide bonds. The van der Waals surface area contributed by atoms with Gasteiger partial charge in [-0.3, -0.25) is 14.5 Å². The van der Waals surface area contributed by atoms with Crippen LogP contribution in [-0.4, -0.2) is 66.1 Å². The molecule has 6 rings (SSSR count). The maximum atomic E-state index is 12.9. The first-order valence-electron chi connectivity index (χ1n) is 11.4. The Morgan fingerprint density at radius 3 is 2.74 bits per heavy atom. The molecular formula is C24H29N3O4. The number of nitrogens with one attached hydrogen (secondary N) is 1. The fraction of sp³-hybridized carbons (Fsp3) is 0.583. The highest BCUT2D eigenvalue weighted by Crippen LogP contribution is 2.42. The Kier molecular flexibility index (Phi) is 4.40. The van der Waals surface area contributed by atoms with E-state index in [4.69, 9.17) is 9.47 Å². The minimum absolute atomic E-state index is 0.0680. The maximum Gasteiger partial charge on any atom is 0.255 e. The van der Waals surface area contributed by atoms with Crippen LogP contribution >= 0.6 is 0 Å². The monoisotopic (exact) mass is 423 g/mol. The zero-order chi connectivity index (χ0) is 21.2. The molecule has 1 spiro atoms. The molecular weight excluding hydrogens is 394 g/mol. The molecule has 4 heterocycles. The molecule has 4 aliphatic heterocycles. The molecule has 164 valence electrons. The number of benzene rings is 1. The van der Waals surface area contributed by atoms with Crippen molar-refractivity contribution < 1.29 is 19.1 Å². The van der Waals surface area contributed by atoms with Gasteiger partial charge >= 0.3 is 0 Å². The third kappa shape index (κ3) is 3.17. The third-order valence-corrected chi connectivity index (χ3v) is 7.67. The second-order valence-electron chi connectivity index (χ2n) is 9.95. The van der Waals surface area contributed by atoms with E-state index in [1.807, 2.05) is 18.2 Å². The van der Waals surface area contributed by atoms with E-state index in [2.05, 4.69) is 16.8 Å². The van der Waals surface area contributed by atoms with Crippen LogP contribution in [0.1, 0.15) is 48.0 Å². The number of carbonyl (C=O) groups is 2. The van der Waals surface area contributed by atoms with Crippen molar-refractivity contribution in [1.29, 1.82) is 0 Å². The van der Waals surface area contributed by atoms with Gasteiger partial charge < -0.3 is 19.7 Å². The Hall–Kier alpha value is -2.38. The van der Waals surface area contributed by atoms with Gasteiger partial charge in [0, 0.05) is 42.4 Å². The van der Waals surface area contributed by atoms with Crippen LogP contribution in [0.4, 0.5) is 0 Å². The van der Waals surface area contributed by atoms with Gasteiger partial charge in [0.2, 0.25) is 5.91 Å². The fourth-order valence-corrected chi connectivity index (χ4v) is 5.96. The number of allylic oxidation sites excluding steroid dienone is 1. The molecule has 1 saturated carbocycles. The smallest absolute Gasteiger partial charge is 0.255 e. The number of ether oxygens (including phenoxy) is 2. The van der Waals surface area contributed by atoms with Gasteiger partial charge in [0.05, 0.1) is 13.2 Å². The highest BCUT2D eigenvalue weighted by atomic mass is 16.5. The van der Waals surface area contributed by atoms with Crippen molar-refractivity contribution in [3.05, 3.63) is 41.6 Å². The van der Waals surface area contributed by atoms with E-state index in [1.54, 1.807) is 4.90 Å². The summed E-state index contributed by atoms with van der Waals surface area (Å²) in [5, 5.41) is 2.79. The Bertz CT molecular complexity index is 948. The molecule has 0 bridgehead atoms. The Labute approximate surface area is 182 Å². The molecule has 1 aromatic rings. The number of amides is 2. The van der Waals surface area contributed by atoms with Crippen molar-refractivity contribution in [2.24, 2.45) is 5.41 Å². The molecule has 3 atom stereocenters. The van der Waals surface area contributed by atoms with Crippen LogP contribution in [0.5, 0.6) is 5.75 Å². The van der Waals surface area contributed by atoms with E-state index < -0.39 is 6.04 Å². The normalized spacial score (nSPS) is 31.9. The van der Waals surface area contributed by atoms with Gasteiger partial charge in [0.15, 0.2) is 0 Å². The average Bonchev–Trinajstić information content (AvgIpc) is 3.24. The summed E-state index contributed by atoms with van der Waals surface area (Å²) in [6, 6.07) is 5.82. The number of carbonyl (C=O) groups excluding carboxylic acids is 2. The summed E-state index contributed by atoms with van der Waals surface area (Å²) in [5.74, 6) is 0.627. The summed E-state index contributed by atoms with van der Waals surface area (Å²) in [7, 11) is 0. The van der Waals surface area contributed by atoms with Gasteiger partial charge in [-0.05, 0) is 55.9 Å². The highest BCUT2D eigenvalue weighted by molar-refractivity contribution is 6.01. The molecule has 7 nitrogen and oxygen atoms in total. The predicted octanol–water partition coefficient (Wildman–Crippen LogP) is 2.07. The molecule has 1 N–H and O–H groups in total. The van der Waals surface area contributed by atoms with Crippen molar-refractivity contribution in [3.8, 4) is 5.75 Å². The lowest BCUT2D eigenvalue weighted by molar-refractivity contribution is -0.202.